The number of nitrogens with zero attached hydrogens (tertiary/aromatic N) is 2. The fraction of sp³-hybridized carbons (Fsp3) is 0.333. The summed E-state index contributed by atoms with van der Waals surface area (Å²) in [4.78, 5) is 67.4. The molecule has 3 heterocycles. The van der Waals surface area contributed by atoms with E-state index in [1.165, 1.54) is 0 Å². The number of H-pyrrole nitrogens is 2. The van der Waals surface area contributed by atoms with Gasteiger partial charge in [0.15, 0.2) is 0 Å². The molecule has 1 saturated heterocycles. The van der Waals surface area contributed by atoms with E-state index in [9.17, 15) is 19.2 Å². The van der Waals surface area contributed by atoms with Crippen LogP contribution in [0.15, 0.2) is 146 Å². The van der Waals surface area contributed by atoms with Crippen LogP contribution < -0.4 is 0 Å². The molecule has 0 amide bonds. The third-order valence-corrected chi connectivity index (χ3v) is 14.5. The molecule has 1 aliphatic heterocycles. The minimum Gasteiger partial charge on any atom is -0.462 e. The van der Waals surface area contributed by atoms with E-state index in [4.69, 9.17) is 66.8 Å². The van der Waals surface area contributed by atoms with Crippen LogP contribution in [0.2, 0.25) is 0 Å². The highest BCUT2D eigenvalue weighted by Crippen LogP contribution is 2.39. The molecule has 0 saturated carbocycles. The summed E-state index contributed by atoms with van der Waals surface area (Å²) in [6.07, 6.45) is 0. The Balaban J connectivity index is 0.000000352. The molecular formula is C72H78N4O16. The van der Waals surface area contributed by atoms with Crippen LogP contribution in [0.1, 0.15) is 69.1 Å². The quantitative estimate of drug-likeness (QED) is 0.0760. The van der Waals surface area contributed by atoms with Crippen LogP contribution in [-0.4, -0.2) is 176 Å². The molecule has 10 rings (SSSR count). The minimum atomic E-state index is -0.385. The first kappa shape index (κ1) is 67.4. The fourth-order valence-corrected chi connectivity index (χ4v) is 9.95. The Kier molecular flexibility index (Phi) is 26.1. The van der Waals surface area contributed by atoms with E-state index < -0.39 is 0 Å². The number of aromatic nitrogens is 4. The molecule has 0 bridgehead atoms. The van der Waals surface area contributed by atoms with Gasteiger partial charge < -0.3 is 66.8 Å². The van der Waals surface area contributed by atoms with Gasteiger partial charge in [-0.15, -0.1) is 0 Å². The topological polar surface area (TPSA) is 236 Å². The van der Waals surface area contributed by atoms with Crippen LogP contribution in [0.4, 0.5) is 0 Å². The lowest BCUT2D eigenvalue weighted by molar-refractivity contribution is -0.0334. The molecule has 7 aromatic carbocycles. The average Bonchev–Trinajstić information content (AvgIpc) is 1.67. The number of hydrogen-bond donors (Lipinski definition) is 2. The highest BCUT2D eigenvalue weighted by Gasteiger charge is 2.21. The van der Waals surface area contributed by atoms with Gasteiger partial charge in [0.1, 0.15) is 11.6 Å². The smallest absolute Gasteiger partial charge is 0.338 e. The highest BCUT2D eigenvalue weighted by molar-refractivity contribution is 6.05. The first-order valence-corrected chi connectivity index (χ1v) is 31.1. The zero-order valence-corrected chi connectivity index (χ0v) is 52.4. The monoisotopic (exact) mass is 1250 g/mol. The van der Waals surface area contributed by atoms with E-state index in [1.807, 2.05) is 97.1 Å². The molecule has 2 aromatic heterocycles. The second kappa shape index (κ2) is 35.6. The van der Waals surface area contributed by atoms with Crippen molar-refractivity contribution in [2.75, 3.05) is 132 Å². The molecule has 0 radical (unpaired) electrons. The lowest BCUT2D eigenvalue weighted by Gasteiger charge is -2.09. The number of fused-ring (bicyclic) bond motifs is 2. The van der Waals surface area contributed by atoms with Crippen molar-refractivity contribution in [1.82, 2.24) is 19.9 Å². The molecule has 0 atom stereocenters. The summed E-state index contributed by atoms with van der Waals surface area (Å²) in [5.41, 5.74) is 13.5. The maximum Gasteiger partial charge on any atom is 0.338 e. The summed E-state index contributed by atoms with van der Waals surface area (Å²) in [6, 6.07) is 45.2. The normalized spacial score (nSPS) is 14.5. The van der Waals surface area contributed by atoms with Crippen LogP contribution in [0, 0.1) is 0 Å². The Morgan fingerprint density at radius 3 is 0.707 bits per heavy atom. The van der Waals surface area contributed by atoms with Gasteiger partial charge in [0.05, 0.1) is 176 Å². The van der Waals surface area contributed by atoms with Gasteiger partial charge in [-0.25, -0.2) is 29.1 Å². The van der Waals surface area contributed by atoms with E-state index >= 15 is 0 Å². The van der Waals surface area contributed by atoms with Crippen molar-refractivity contribution in [3.8, 4) is 67.3 Å². The number of nitrogens with one attached hydrogen (secondary N) is 2. The van der Waals surface area contributed by atoms with Crippen molar-refractivity contribution < 1.29 is 76.0 Å². The van der Waals surface area contributed by atoms with Crippen LogP contribution in [0.25, 0.3) is 89.4 Å². The Morgan fingerprint density at radius 1 is 0.293 bits per heavy atom. The van der Waals surface area contributed by atoms with Crippen molar-refractivity contribution in [2.24, 2.45) is 0 Å². The van der Waals surface area contributed by atoms with Crippen LogP contribution >= 0.6 is 0 Å². The maximum absolute atomic E-state index is 12.5. The largest absolute Gasteiger partial charge is 0.462 e. The third-order valence-electron chi connectivity index (χ3n) is 14.5. The van der Waals surface area contributed by atoms with Crippen molar-refractivity contribution in [3.05, 3.63) is 168 Å². The molecule has 1 aliphatic rings. The van der Waals surface area contributed by atoms with Gasteiger partial charge in [-0.2, -0.15) is 0 Å². The molecule has 1 fully saturated rings. The summed E-state index contributed by atoms with van der Waals surface area (Å²) >= 11 is 0. The Labute approximate surface area is 534 Å². The van der Waals surface area contributed by atoms with Crippen molar-refractivity contribution in [3.63, 3.8) is 0 Å². The summed E-state index contributed by atoms with van der Waals surface area (Å²) in [5, 5.41) is 0. The molecule has 92 heavy (non-hydrogen) atoms. The first-order chi connectivity index (χ1) is 45.2. The molecule has 20 heteroatoms. The number of carbonyl (C=O) groups excluding carboxylic acids is 4. The number of aromatic amines is 2. The van der Waals surface area contributed by atoms with Crippen molar-refractivity contribution in [2.45, 2.75) is 27.7 Å². The summed E-state index contributed by atoms with van der Waals surface area (Å²) in [6.45, 7) is 17.1. The lowest BCUT2D eigenvalue weighted by Crippen LogP contribution is -2.16. The van der Waals surface area contributed by atoms with Crippen LogP contribution in [0.3, 0.4) is 0 Å². The van der Waals surface area contributed by atoms with Crippen molar-refractivity contribution >= 4 is 45.9 Å². The number of rotatable bonds is 14. The van der Waals surface area contributed by atoms with Crippen molar-refractivity contribution in [1.29, 1.82) is 0 Å². The van der Waals surface area contributed by atoms with Gasteiger partial charge in [-0.1, -0.05) is 97.1 Å². The fourth-order valence-electron chi connectivity index (χ4n) is 9.95. The number of hydrogen-bond acceptors (Lipinski definition) is 18. The molecule has 0 unspecified atom stereocenters. The van der Waals surface area contributed by atoms with Crippen LogP contribution in [-0.2, 0) is 56.8 Å². The first-order valence-electron chi connectivity index (χ1n) is 31.1. The molecule has 9 aromatic rings. The lowest BCUT2D eigenvalue weighted by atomic mass is 9.97. The van der Waals surface area contributed by atoms with E-state index in [1.54, 1.807) is 76.2 Å². The Morgan fingerprint density at radius 2 is 0.489 bits per heavy atom. The van der Waals surface area contributed by atoms with E-state index in [0.717, 1.165) is 77.7 Å². The number of benzene rings is 7. The van der Waals surface area contributed by atoms with Gasteiger partial charge in [0, 0.05) is 33.4 Å². The predicted molar refractivity (Wildman–Crippen MR) is 349 cm³/mol. The Bertz CT molecular complexity index is 3260. The SMILES string of the molecule is C1COCCOCCOCCOCCOCCOCCOCCO1.CCOC(=O)c1ccc(-c2ccc(-c3ccc(C(=O)OCC)cc3)c3[nH]c(-c4ccc(-c5nc6c(-c7ccc(C(=O)OCC)cc7)ccc(-c7ccc(C(=O)OCC)cc7)c6[nH]5)cc4)nc23)cc1. The standard InChI is InChI=1S/C56H46N4O8.C16H32O8/c1-5-65-53(61)39-21-9-33(10-22-39)43-29-30-44(34-11-23-40(24-12-34)54(62)66-6-2)48-47(43)57-51(58-48)37-17-19-38(20-18-37)52-59-49-45(35-13-25-41(26-14-35)55(63)67-7-3)31-32-46(50(49)60-52)36-15-27-42(28-16-36)56(64)68-8-4;1-2-18-5-6-20-9-10-22-13-14-24-16-15-23-12-11-21-8-7-19-4-3-17-1/h9-32H,5-8H2,1-4H3,(H,57,58)(H,59,60);1-16H2. The number of esters is 4. The molecule has 0 aliphatic carbocycles. The molecule has 2 N–H and O–H groups in total. The summed E-state index contributed by atoms with van der Waals surface area (Å²) in [7, 11) is 0. The number of ether oxygens (including phenoxy) is 12. The number of carbonyl (C=O) groups is 4. The molecule has 20 nitrogen and oxygen atoms in total. The molecule has 0 spiro atoms. The minimum absolute atomic E-state index is 0.284. The third kappa shape index (κ3) is 18.6. The molecular weight excluding hydrogens is 1180 g/mol. The van der Waals surface area contributed by atoms with Crippen LogP contribution in [0.5, 0.6) is 0 Å². The number of imidazole rings is 2. The Hall–Kier alpha value is -8.96. The second-order valence-electron chi connectivity index (χ2n) is 20.6. The van der Waals surface area contributed by atoms with E-state index in [2.05, 4.69) is 9.97 Å². The summed E-state index contributed by atoms with van der Waals surface area (Å²) < 4.78 is 64.0. The average molecular weight is 1260 g/mol. The van der Waals surface area contributed by atoms with Gasteiger partial charge in [-0.05, 0) is 98.5 Å². The summed E-state index contributed by atoms with van der Waals surface area (Å²) in [5.74, 6) is -0.263. The predicted octanol–water partition coefficient (Wildman–Crippen LogP) is 12.3. The van der Waals surface area contributed by atoms with Gasteiger partial charge in [0.2, 0.25) is 0 Å². The molecule has 482 valence electrons. The second-order valence-corrected chi connectivity index (χ2v) is 20.6. The highest BCUT2D eigenvalue weighted by atomic mass is 16.6. The van der Waals surface area contributed by atoms with Gasteiger partial charge in [-0.3, -0.25) is 0 Å². The zero-order chi connectivity index (χ0) is 64.3. The van der Waals surface area contributed by atoms with E-state index in [-0.39, 0.29) is 50.3 Å². The van der Waals surface area contributed by atoms with Gasteiger partial charge in [0.25, 0.3) is 0 Å². The maximum atomic E-state index is 12.5. The van der Waals surface area contributed by atoms with E-state index in [0.29, 0.717) is 140 Å². The van der Waals surface area contributed by atoms with Gasteiger partial charge >= 0.3 is 23.9 Å². The zero-order valence-electron chi connectivity index (χ0n) is 52.4.